The molecule has 5 heteroatoms. The first-order valence-corrected chi connectivity index (χ1v) is 13.1. The van der Waals surface area contributed by atoms with Crippen molar-refractivity contribution >= 4 is 0 Å². The second-order valence-corrected chi connectivity index (χ2v) is 9.27. The molecule has 0 atom stereocenters. The summed E-state index contributed by atoms with van der Waals surface area (Å²) < 4.78 is 6.01. The minimum absolute atomic E-state index is 0.284. The third-order valence-corrected chi connectivity index (χ3v) is 6.32. The van der Waals surface area contributed by atoms with Crippen LogP contribution in [0.3, 0.4) is 0 Å². The molecule has 2 rings (SSSR count). The van der Waals surface area contributed by atoms with Crippen molar-refractivity contribution < 1.29 is 14.9 Å². The topological polar surface area (TPSA) is 56.2 Å². The van der Waals surface area contributed by atoms with Crippen molar-refractivity contribution in [1.82, 2.24) is 9.80 Å². The zero-order valence-corrected chi connectivity index (χ0v) is 21.4. The maximum absolute atomic E-state index is 10.3. The van der Waals surface area contributed by atoms with E-state index in [1.807, 2.05) is 18.2 Å². The normalized spacial score (nSPS) is 11.6. The van der Waals surface area contributed by atoms with Crippen LogP contribution in [-0.4, -0.2) is 59.6 Å². The Kier molecular flexibility index (Phi) is 14.6. The summed E-state index contributed by atoms with van der Waals surface area (Å²) in [5.41, 5.74) is 3.65. The highest BCUT2D eigenvalue weighted by molar-refractivity contribution is 5.31. The second-order valence-electron chi connectivity index (χ2n) is 9.27. The van der Waals surface area contributed by atoms with Gasteiger partial charge >= 0.3 is 0 Å². The molecule has 2 aromatic carbocycles. The number of aliphatic hydroxyl groups is 1. The summed E-state index contributed by atoms with van der Waals surface area (Å²) in [7, 11) is 0. The lowest BCUT2D eigenvalue weighted by atomic mass is 10.1. The Hall–Kier alpha value is -1.92. The summed E-state index contributed by atoms with van der Waals surface area (Å²) in [6, 6.07) is 16.2. The summed E-state index contributed by atoms with van der Waals surface area (Å²) in [5.74, 6) is 0.346. The Balaban J connectivity index is 1.99. The van der Waals surface area contributed by atoms with Crippen LogP contribution in [0.1, 0.15) is 68.6 Å². The van der Waals surface area contributed by atoms with E-state index in [-0.39, 0.29) is 6.61 Å². The van der Waals surface area contributed by atoms with Crippen LogP contribution in [0, 0.1) is 6.92 Å². The van der Waals surface area contributed by atoms with Gasteiger partial charge in [0.05, 0.1) is 6.73 Å². The smallest absolute Gasteiger partial charge is 0.120 e. The van der Waals surface area contributed by atoms with E-state index < -0.39 is 0 Å². The second kappa shape index (κ2) is 17.5. The maximum atomic E-state index is 10.3. The van der Waals surface area contributed by atoms with Crippen molar-refractivity contribution in [3.05, 3.63) is 65.2 Å². The Labute approximate surface area is 207 Å². The standard InChI is InChI=1S/C29H46N2O3/c1-3-4-13-22-34-25-31(24-28-16-9-10-17-29(28)33)20-19-30(18-11-5-6-12-21-32)23-27-15-8-7-14-26(27)2/h7-10,14-17,32-33H,3-6,11-13,18-25H2,1-2H3. The highest BCUT2D eigenvalue weighted by atomic mass is 16.5. The number of hydrogen-bond donors (Lipinski definition) is 2. The van der Waals surface area contributed by atoms with E-state index in [0.29, 0.717) is 19.0 Å². The van der Waals surface area contributed by atoms with Crippen LogP contribution in [0.2, 0.25) is 0 Å². The fourth-order valence-corrected chi connectivity index (χ4v) is 4.10. The van der Waals surface area contributed by atoms with Crippen LogP contribution in [0.15, 0.2) is 48.5 Å². The van der Waals surface area contributed by atoms with Gasteiger partial charge in [0.15, 0.2) is 0 Å². The van der Waals surface area contributed by atoms with E-state index in [1.165, 1.54) is 24.0 Å². The molecule has 0 saturated heterocycles. The number of ether oxygens (including phenoxy) is 1. The van der Waals surface area contributed by atoms with Gasteiger partial charge in [-0.2, -0.15) is 0 Å². The molecule has 190 valence electrons. The maximum Gasteiger partial charge on any atom is 0.120 e. The molecule has 0 radical (unpaired) electrons. The number of phenols is 1. The van der Waals surface area contributed by atoms with Crippen LogP contribution >= 0.6 is 0 Å². The summed E-state index contributed by atoms with van der Waals surface area (Å²) in [4.78, 5) is 4.84. The molecule has 34 heavy (non-hydrogen) atoms. The minimum atomic E-state index is 0.284. The molecule has 0 bridgehead atoms. The van der Waals surface area contributed by atoms with Crippen molar-refractivity contribution in [3.63, 3.8) is 0 Å². The van der Waals surface area contributed by atoms with Gasteiger partial charge in [-0.1, -0.05) is 75.1 Å². The van der Waals surface area contributed by atoms with E-state index in [4.69, 9.17) is 9.84 Å². The number of phenolic OH excluding ortho intramolecular Hbond substituents is 1. The number of benzene rings is 2. The lowest BCUT2D eigenvalue weighted by Gasteiger charge is -2.28. The van der Waals surface area contributed by atoms with E-state index in [1.54, 1.807) is 6.07 Å². The van der Waals surface area contributed by atoms with Crippen molar-refractivity contribution in [2.75, 3.05) is 39.6 Å². The zero-order valence-electron chi connectivity index (χ0n) is 21.4. The quantitative estimate of drug-likeness (QED) is 0.203. The predicted molar refractivity (Wildman–Crippen MR) is 141 cm³/mol. The molecule has 5 nitrogen and oxygen atoms in total. The zero-order chi connectivity index (χ0) is 24.4. The largest absolute Gasteiger partial charge is 0.508 e. The van der Waals surface area contributed by atoms with Crippen LogP contribution in [0.5, 0.6) is 5.75 Å². The van der Waals surface area contributed by atoms with E-state index >= 15 is 0 Å². The number of para-hydroxylation sites is 1. The summed E-state index contributed by atoms with van der Waals surface area (Å²) in [5, 5.41) is 19.4. The van der Waals surface area contributed by atoms with Crippen LogP contribution in [-0.2, 0) is 17.8 Å². The molecule has 0 aliphatic rings. The fourth-order valence-electron chi connectivity index (χ4n) is 4.10. The number of rotatable bonds is 19. The highest BCUT2D eigenvalue weighted by Gasteiger charge is 2.13. The predicted octanol–water partition coefficient (Wildman–Crippen LogP) is 5.72. The van der Waals surface area contributed by atoms with Crippen molar-refractivity contribution in [3.8, 4) is 5.75 Å². The molecule has 0 aromatic heterocycles. The molecule has 2 N–H and O–H groups in total. The van der Waals surface area contributed by atoms with Crippen molar-refractivity contribution in [2.45, 2.75) is 71.9 Å². The van der Waals surface area contributed by atoms with Gasteiger partial charge in [0.25, 0.3) is 0 Å². The molecule has 0 aliphatic carbocycles. The van der Waals surface area contributed by atoms with Gasteiger partial charge in [0.1, 0.15) is 5.75 Å². The Morgan fingerprint density at radius 2 is 1.41 bits per heavy atom. The Morgan fingerprint density at radius 1 is 0.735 bits per heavy atom. The molecule has 0 amide bonds. The van der Waals surface area contributed by atoms with Gasteiger partial charge in [-0.15, -0.1) is 0 Å². The van der Waals surface area contributed by atoms with E-state index in [9.17, 15) is 5.11 Å². The molecular formula is C29H46N2O3. The molecule has 0 fully saturated rings. The molecule has 0 aliphatic heterocycles. The number of hydrogen-bond acceptors (Lipinski definition) is 5. The Bertz CT molecular complexity index is 718. The lowest BCUT2D eigenvalue weighted by Crippen LogP contribution is -2.36. The van der Waals surface area contributed by atoms with E-state index in [2.05, 4.69) is 47.9 Å². The molecule has 0 unspecified atom stereocenters. The van der Waals surface area contributed by atoms with Gasteiger partial charge in [0, 0.05) is 45.0 Å². The van der Waals surface area contributed by atoms with Gasteiger partial charge in [-0.05, 0) is 49.9 Å². The first kappa shape index (κ1) is 28.3. The number of nitrogens with zero attached hydrogens (tertiary/aromatic N) is 2. The minimum Gasteiger partial charge on any atom is -0.508 e. The number of aromatic hydroxyl groups is 1. The van der Waals surface area contributed by atoms with Gasteiger partial charge in [0.2, 0.25) is 0 Å². The molecule has 0 heterocycles. The van der Waals surface area contributed by atoms with E-state index in [0.717, 1.165) is 70.5 Å². The highest BCUT2D eigenvalue weighted by Crippen LogP contribution is 2.18. The SMILES string of the molecule is CCCCCOCN(CCN(CCCCCCO)Cc1ccccc1C)Cc1ccccc1O. The third-order valence-electron chi connectivity index (χ3n) is 6.32. The molecule has 0 saturated carbocycles. The van der Waals surface area contributed by atoms with Gasteiger partial charge < -0.3 is 14.9 Å². The molecular weight excluding hydrogens is 424 g/mol. The Morgan fingerprint density at radius 3 is 2.15 bits per heavy atom. The average Bonchev–Trinajstić information content (AvgIpc) is 2.84. The average molecular weight is 471 g/mol. The van der Waals surface area contributed by atoms with Gasteiger partial charge in [-0.3, -0.25) is 9.80 Å². The van der Waals surface area contributed by atoms with Crippen LogP contribution in [0.4, 0.5) is 0 Å². The first-order chi connectivity index (χ1) is 16.6. The summed E-state index contributed by atoms with van der Waals surface area (Å²) in [6.07, 6.45) is 7.73. The number of aryl methyl sites for hydroxylation is 1. The van der Waals surface area contributed by atoms with Crippen molar-refractivity contribution in [1.29, 1.82) is 0 Å². The summed E-state index contributed by atoms with van der Waals surface area (Å²) >= 11 is 0. The molecule has 2 aromatic rings. The first-order valence-electron chi connectivity index (χ1n) is 13.1. The molecule has 0 spiro atoms. The van der Waals surface area contributed by atoms with Crippen molar-refractivity contribution in [2.24, 2.45) is 0 Å². The van der Waals surface area contributed by atoms with Crippen LogP contribution in [0.25, 0.3) is 0 Å². The van der Waals surface area contributed by atoms with Crippen LogP contribution < -0.4 is 0 Å². The number of unbranched alkanes of at least 4 members (excludes halogenated alkanes) is 5. The summed E-state index contributed by atoms with van der Waals surface area (Å²) in [6.45, 7) is 10.5. The number of aliphatic hydroxyl groups excluding tert-OH is 1. The fraction of sp³-hybridized carbons (Fsp3) is 0.586. The monoisotopic (exact) mass is 470 g/mol. The third kappa shape index (κ3) is 11.5. The lowest BCUT2D eigenvalue weighted by molar-refractivity contribution is 0.0166. The van der Waals surface area contributed by atoms with Gasteiger partial charge in [-0.25, -0.2) is 0 Å².